The summed E-state index contributed by atoms with van der Waals surface area (Å²) >= 11 is 0. The molecule has 0 aromatic rings. The molecule has 0 saturated carbocycles. The van der Waals surface area contributed by atoms with Gasteiger partial charge in [0.2, 0.25) is 0 Å². The summed E-state index contributed by atoms with van der Waals surface area (Å²) in [5, 5.41) is 0. The van der Waals surface area contributed by atoms with E-state index in [0.717, 1.165) is 128 Å². The van der Waals surface area contributed by atoms with Gasteiger partial charge in [0.15, 0.2) is 0 Å². The molecule has 0 rings (SSSR count). The van der Waals surface area contributed by atoms with Crippen LogP contribution in [0.4, 0.5) is 0 Å². The van der Waals surface area contributed by atoms with Gasteiger partial charge in [-0.05, 0) is 135 Å². The first-order chi connectivity index (χ1) is 44.2. The van der Waals surface area contributed by atoms with Gasteiger partial charge in [-0.3, -0.25) is 54.3 Å². The fourth-order valence-electron chi connectivity index (χ4n) is 7.57. The minimum Gasteiger partial charge on any atom is -0.287 e. The van der Waals surface area contributed by atoms with Gasteiger partial charge in [0, 0.05) is 0 Å². The Bertz CT molecular complexity index is 1770. The summed E-state index contributed by atoms with van der Waals surface area (Å²) in [4.78, 5) is 0. The highest BCUT2D eigenvalue weighted by Gasteiger charge is 2.29. The fourth-order valence-corrected chi connectivity index (χ4v) is 12.5. The molecule has 20 heteroatoms. The molecule has 0 aliphatic heterocycles. The molecule has 0 aromatic carbocycles. The Morgan fingerprint density at radius 3 is 0.571 bits per heavy atom. The van der Waals surface area contributed by atoms with Crippen molar-refractivity contribution in [3.63, 3.8) is 0 Å². The molecule has 0 aliphatic carbocycles. The number of phosphoric ester groups is 4. The number of hydrogen-bond donors (Lipinski definition) is 0. The van der Waals surface area contributed by atoms with Crippen LogP contribution in [0.3, 0.4) is 0 Å². The second-order valence-electron chi connectivity index (χ2n) is 21.2. The van der Waals surface area contributed by atoms with E-state index in [1.165, 1.54) is 108 Å². The smallest absolute Gasteiger partial charge is 0.287 e. The summed E-state index contributed by atoms with van der Waals surface area (Å²) in [7, 11) is -13.8. The average molecular weight is 1370 g/mol. The largest absolute Gasteiger partial charge is 0.475 e. The average Bonchev–Trinajstić information content (AvgIpc) is 3.75. The van der Waals surface area contributed by atoms with Crippen LogP contribution in [0.5, 0.6) is 0 Å². The topological polar surface area (TPSA) is 179 Å². The van der Waals surface area contributed by atoms with Gasteiger partial charge in [0.1, 0.15) is 0 Å². The Labute approximate surface area is 557 Å². The predicted octanol–water partition coefficient (Wildman–Crippen LogP) is 24.7. The lowest BCUT2D eigenvalue weighted by Gasteiger charge is -2.18. The Kier molecular flexibility index (Phi) is 79.9. The van der Waals surface area contributed by atoms with Gasteiger partial charge in [-0.15, -0.1) is 72.4 Å². The Hall–Kier alpha value is -2.42. The summed E-state index contributed by atoms with van der Waals surface area (Å²) in [6, 6.07) is 0. The molecule has 0 atom stereocenters. The zero-order valence-corrected chi connectivity index (χ0v) is 61.0. The van der Waals surface area contributed by atoms with Gasteiger partial charge in [-0.2, -0.15) is 0 Å². The van der Waals surface area contributed by atoms with Crippen molar-refractivity contribution in [2.75, 3.05) is 79.3 Å². The van der Waals surface area contributed by atoms with Gasteiger partial charge in [-0.1, -0.05) is 170 Å². The van der Waals surface area contributed by atoms with Crippen LogP contribution >= 0.6 is 31.3 Å². The van der Waals surface area contributed by atoms with Crippen molar-refractivity contribution in [1.82, 2.24) is 0 Å². The molecular weight excluding hydrogens is 1230 g/mol. The van der Waals surface area contributed by atoms with Crippen LogP contribution < -0.4 is 0 Å². The SMILES string of the molecule is C=CCCCCCCCCCOP(=O)(OCCCCCCCCC=C)OCCCCCCCCCC=C.C=CCCCCOP(=O)(OCCCCC=C)OCCCCC=C.C=CCCOP(=O)(OCCC=C)OCCCC.C=CCOP(=O)(OCC=C)OCC=C. The minimum absolute atomic E-state index is 0.103. The standard InChI is InChI=1S/C32H61O4P.C18H33O4P.C12H23O4P.C9H15O4P/c1-4-7-10-13-16-19-22-25-28-31-35-37(33,34-30-27-24-21-18-15-12-9-6-3)36-32-29-26-23-20-17-14-11-8-5-2;1-4-7-10-13-16-20-23(19,21-17-14-11-8-5-2)22-18-15-12-9-6-3;1-4-7-10-14-17(13,15-11-8-5-2)16-12-9-6-3;1-4-7-11-14(10,12-8-5-2)13-9-6-3/h4-6H,1-3,7-32H2;4-6H,1-3,7-18H2;4-5H,1-2,6-12H2,3H3;4-6H,1-3,7-9H2. The number of unbranched alkanes of at least 4 members (excludes halogenated alkanes) is 27. The second-order valence-corrected chi connectivity index (χ2v) is 27.9. The maximum absolute atomic E-state index is 13.2. The molecule has 532 valence electrons. The normalized spacial score (nSPS) is 11.4. The van der Waals surface area contributed by atoms with E-state index >= 15 is 0 Å². The van der Waals surface area contributed by atoms with E-state index in [4.69, 9.17) is 54.3 Å². The van der Waals surface area contributed by atoms with E-state index in [-0.39, 0.29) is 19.8 Å². The second kappa shape index (κ2) is 76.6. The highest BCUT2D eigenvalue weighted by Crippen LogP contribution is 2.52. The van der Waals surface area contributed by atoms with Crippen molar-refractivity contribution in [2.24, 2.45) is 0 Å². The highest BCUT2D eigenvalue weighted by molar-refractivity contribution is 7.49. The van der Waals surface area contributed by atoms with E-state index in [1.54, 1.807) is 12.2 Å². The van der Waals surface area contributed by atoms with Gasteiger partial charge in [0.05, 0.1) is 79.3 Å². The minimum atomic E-state index is -3.48. The molecule has 0 unspecified atom stereocenters. The van der Waals surface area contributed by atoms with Crippen molar-refractivity contribution in [3.8, 4) is 0 Å². The van der Waals surface area contributed by atoms with Gasteiger partial charge >= 0.3 is 31.3 Å². The third-order valence-corrected chi connectivity index (χ3v) is 18.6. The summed E-state index contributed by atoms with van der Waals surface area (Å²) in [5.41, 5.74) is 0. The third-order valence-electron chi connectivity index (χ3n) is 12.8. The molecular formula is C71H132O16P4. The number of rotatable bonds is 71. The summed E-state index contributed by atoms with van der Waals surface area (Å²) in [6.45, 7) is 45.6. The lowest BCUT2D eigenvalue weighted by Crippen LogP contribution is -2.04. The quantitative estimate of drug-likeness (QED) is 0.0319. The Balaban J connectivity index is -0.000000598. The molecule has 0 aromatic heterocycles. The van der Waals surface area contributed by atoms with Crippen LogP contribution in [-0.2, 0) is 72.5 Å². The van der Waals surface area contributed by atoms with E-state index < -0.39 is 31.3 Å². The molecule has 0 heterocycles. The monoisotopic (exact) mass is 1360 g/mol. The Morgan fingerprint density at radius 2 is 0.363 bits per heavy atom. The molecule has 0 aliphatic rings. The molecule has 0 spiro atoms. The number of hydrogen-bond acceptors (Lipinski definition) is 16. The van der Waals surface area contributed by atoms with E-state index in [9.17, 15) is 18.3 Å². The molecule has 0 N–H and O–H groups in total. The molecule has 0 saturated heterocycles. The highest BCUT2D eigenvalue weighted by atomic mass is 31.2. The van der Waals surface area contributed by atoms with Gasteiger partial charge in [-0.25, -0.2) is 18.3 Å². The zero-order valence-electron chi connectivity index (χ0n) is 57.4. The Morgan fingerprint density at radius 1 is 0.198 bits per heavy atom. The summed E-state index contributed by atoms with van der Waals surface area (Å²) in [5.74, 6) is 0. The third kappa shape index (κ3) is 74.8. The molecule has 91 heavy (non-hydrogen) atoms. The van der Waals surface area contributed by atoms with Crippen LogP contribution in [0.2, 0.25) is 0 Å². The van der Waals surface area contributed by atoms with Crippen LogP contribution in [-0.4, -0.2) is 79.3 Å². The van der Waals surface area contributed by atoms with Gasteiger partial charge in [0.25, 0.3) is 0 Å². The first-order valence-electron chi connectivity index (χ1n) is 34.1. The number of phosphoric acid groups is 4. The van der Waals surface area contributed by atoms with Crippen LogP contribution in [0, 0.1) is 0 Å². The van der Waals surface area contributed by atoms with Crippen LogP contribution in [0.25, 0.3) is 0 Å². The fraction of sp³-hybridized carbons (Fsp3) is 0.690. The van der Waals surface area contributed by atoms with Crippen LogP contribution in [0.15, 0.2) is 139 Å². The molecule has 0 radical (unpaired) electrons. The van der Waals surface area contributed by atoms with Crippen molar-refractivity contribution in [2.45, 2.75) is 238 Å². The van der Waals surface area contributed by atoms with Crippen LogP contribution in [0.1, 0.15) is 238 Å². The van der Waals surface area contributed by atoms with Crippen molar-refractivity contribution < 1.29 is 72.5 Å². The summed E-state index contributed by atoms with van der Waals surface area (Å²) in [6.07, 6.45) is 57.3. The molecule has 0 amide bonds. The van der Waals surface area contributed by atoms with E-state index in [0.29, 0.717) is 72.3 Å². The van der Waals surface area contributed by atoms with E-state index in [2.05, 4.69) is 72.4 Å². The number of allylic oxidation sites excluding steroid dienone is 6. The van der Waals surface area contributed by atoms with Gasteiger partial charge < -0.3 is 0 Å². The first-order valence-corrected chi connectivity index (χ1v) is 39.9. The van der Waals surface area contributed by atoms with Crippen molar-refractivity contribution in [1.29, 1.82) is 0 Å². The predicted molar refractivity (Wildman–Crippen MR) is 386 cm³/mol. The van der Waals surface area contributed by atoms with Crippen molar-refractivity contribution in [3.05, 3.63) is 139 Å². The molecule has 0 bridgehead atoms. The lowest BCUT2D eigenvalue weighted by atomic mass is 10.1. The van der Waals surface area contributed by atoms with E-state index in [1.807, 2.05) is 43.4 Å². The molecule has 0 fully saturated rings. The maximum Gasteiger partial charge on any atom is 0.475 e. The summed E-state index contributed by atoms with van der Waals surface area (Å²) < 4.78 is 113. The maximum atomic E-state index is 13.2. The first kappa shape index (κ1) is 95.0. The zero-order chi connectivity index (χ0) is 68.2. The molecule has 16 nitrogen and oxygen atoms in total. The lowest BCUT2D eigenvalue weighted by molar-refractivity contribution is 0.108. The van der Waals surface area contributed by atoms with Crippen molar-refractivity contribution >= 4 is 31.3 Å².